The lowest BCUT2D eigenvalue weighted by Gasteiger charge is -2.23. The Kier molecular flexibility index (Phi) is 5.42. The summed E-state index contributed by atoms with van der Waals surface area (Å²) in [4.78, 5) is 11.7. The van der Waals surface area contributed by atoms with E-state index in [-0.39, 0.29) is 29.8 Å². The first kappa shape index (κ1) is 12.8. The van der Waals surface area contributed by atoms with Gasteiger partial charge in [0.05, 0.1) is 12.6 Å². The number of nitrogens with one attached hydrogen (secondary N) is 2. The molecule has 0 aromatic heterocycles. The van der Waals surface area contributed by atoms with E-state index >= 15 is 0 Å². The van der Waals surface area contributed by atoms with Crippen LogP contribution in [0.1, 0.15) is 19.8 Å². The Morgan fingerprint density at radius 2 is 2.47 bits per heavy atom. The first-order valence-electron chi connectivity index (χ1n) is 5.36. The lowest BCUT2D eigenvalue weighted by molar-refractivity contribution is -0.123. The van der Waals surface area contributed by atoms with E-state index in [1.54, 1.807) is 11.8 Å². The number of aliphatic hydroxyl groups excluding tert-OH is 1. The van der Waals surface area contributed by atoms with Crippen molar-refractivity contribution in [1.29, 1.82) is 0 Å². The molecule has 1 aliphatic rings. The van der Waals surface area contributed by atoms with Crippen LogP contribution in [0.25, 0.3) is 0 Å². The predicted octanol–water partition coefficient (Wildman–Crippen LogP) is -0.0330. The smallest absolute Gasteiger partial charge is 0.237 e. The van der Waals surface area contributed by atoms with Crippen molar-refractivity contribution in [3.8, 4) is 0 Å². The molecule has 15 heavy (non-hydrogen) atoms. The van der Waals surface area contributed by atoms with Gasteiger partial charge < -0.3 is 15.7 Å². The SMILES string of the molecule is CSC(CO)C(C)NC(=O)[C@H]1CCCN1. The molecule has 0 bridgehead atoms. The molecule has 3 N–H and O–H groups in total. The summed E-state index contributed by atoms with van der Waals surface area (Å²) in [6.45, 7) is 2.96. The van der Waals surface area contributed by atoms with Gasteiger partial charge in [-0.3, -0.25) is 4.79 Å². The van der Waals surface area contributed by atoms with Gasteiger partial charge in [0.15, 0.2) is 0 Å². The minimum absolute atomic E-state index is 0.0138. The molecule has 1 fully saturated rings. The minimum atomic E-state index is -0.0337. The number of amides is 1. The summed E-state index contributed by atoms with van der Waals surface area (Å²) in [5, 5.41) is 15.3. The van der Waals surface area contributed by atoms with Crippen LogP contribution in [0.5, 0.6) is 0 Å². The zero-order valence-electron chi connectivity index (χ0n) is 9.32. The quantitative estimate of drug-likeness (QED) is 0.623. The number of hydrogen-bond donors (Lipinski definition) is 3. The van der Waals surface area contributed by atoms with E-state index in [1.165, 1.54) is 0 Å². The van der Waals surface area contributed by atoms with Gasteiger partial charge in [0.2, 0.25) is 5.91 Å². The molecule has 0 saturated carbocycles. The van der Waals surface area contributed by atoms with Crippen molar-refractivity contribution < 1.29 is 9.90 Å². The van der Waals surface area contributed by atoms with E-state index in [9.17, 15) is 4.79 Å². The second-order valence-electron chi connectivity index (χ2n) is 3.90. The van der Waals surface area contributed by atoms with Gasteiger partial charge in [0, 0.05) is 11.3 Å². The van der Waals surface area contributed by atoms with E-state index in [1.807, 2.05) is 13.2 Å². The number of thioether (sulfide) groups is 1. The third-order valence-corrected chi connectivity index (χ3v) is 3.95. The molecule has 3 atom stereocenters. The topological polar surface area (TPSA) is 61.4 Å². The van der Waals surface area contributed by atoms with Gasteiger partial charge in [0.1, 0.15) is 0 Å². The van der Waals surface area contributed by atoms with Gasteiger partial charge in [-0.05, 0) is 32.6 Å². The Morgan fingerprint density at radius 3 is 2.93 bits per heavy atom. The summed E-state index contributed by atoms with van der Waals surface area (Å²) in [6.07, 6.45) is 3.93. The van der Waals surface area contributed by atoms with Crippen molar-refractivity contribution in [3.05, 3.63) is 0 Å². The summed E-state index contributed by atoms with van der Waals surface area (Å²) in [7, 11) is 0. The summed E-state index contributed by atoms with van der Waals surface area (Å²) in [5.74, 6) is 0.0625. The van der Waals surface area contributed by atoms with Crippen LogP contribution >= 0.6 is 11.8 Å². The number of aliphatic hydroxyl groups is 1. The Bertz CT molecular complexity index is 204. The maximum atomic E-state index is 11.7. The Balaban J connectivity index is 2.35. The number of rotatable bonds is 5. The molecule has 2 unspecified atom stereocenters. The average molecular weight is 232 g/mol. The van der Waals surface area contributed by atoms with E-state index in [0.717, 1.165) is 19.4 Å². The van der Waals surface area contributed by atoms with E-state index in [2.05, 4.69) is 10.6 Å². The van der Waals surface area contributed by atoms with E-state index in [4.69, 9.17) is 5.11 Å². The normalized spacial score (nSPS) is 24.9. The van der Waals surface area contributed by atoms with Gasteiger partial charge >= 0.3 is 0 Å². The van der Waals surface area contributed by atoms with E-state index < -0.39 is 0 Å². The van der Waals surface area contributed by atoms with Crippen LogP contribution in [-0.4, -0.2) is 47.8 Å². The lowest BCUT2D eigenvalue weighted by atomic mass is 10.2. The number of carbonyl (C=O) groups excluding carboxylic acids is 1. The fraction of sp³-hybridized carbons (Fsp3) is 0.900. The van der Waals surface area contributed by atoms with Crippen LogP contribution in [0.2, 0.25) is 0 Å². The van der Waals surface area contributed by atoms with Crippen molar-refractivity contribution in [1.82, 2.24) is 10.6 Å². The highest BCUT2D eigenvalue weighted by Gasteiger charge is 2.25. The molecule has 1 aliphatic heterocycles. The fourth-order valence-corrected chi connectivity index (χ4v) is 2.39. The molecule has 1 amide bonds. The molecule has 1 rings (SSSR count). The molecule has 1 saturated heterocycles. The molecular weight excluding hydrogens is 212 g/mol. The van der Waals surface area contributed by atoms with Gasteiger partial charge in [-0.15, -0.1) is 0 Å². The van der Waals surface area contributed by atoms with Crippen LogP contribution in [0, 0.1) is 0 Å². The van der Waals surface area contributed by atoms with Gasteiger partial charge in [0.25, 0.3) is 0 Å². The largest absolute Gasteiger partial charge is 0.395 e. The van der Waals surface area contributed by atoms with Crippen LogP contribution in [0.15, 0.2) is 0 Å². The van der Waals surface area contributed by atoms with Crippen LogP contribution < -0.4 is 10.6 Å². The molecule has 88 valence electrons. The average Bonchev–Trinajstić information content (AvgIpc) is 2.72. The molecule has 1 heterocycles. The van der Waals surface area contributed by atoms with Crippen molar-refractivity contribution in [2.45, 2.75) is 37.1 Å². The standard InChI is InChI=1S/C10H20N2O2S/c1-7(9(6-13)15-2)12-10(14)8-4-3-5-11-8/h7-9,11,13H,3-6H2,1-2H3,(H,12,14)/t7?,8-,9?/m1/s1. The summed E-state index contributed by atoms with van der Waals surface area (Å²) in [6, 6.07) is -0.0199. The second-order valence-corrected chi connectivity index (χ2v) is 4.98. The molecular formula is C10H20N2O2S. The molecule has 0 spiro atoms. The molecule has 0 radical (unpaired) electrons. The van der Waals surface area contributed by atoms with Crippen molar-refractivity contribution in [3.63, 3.8) is 0 Å². The summed E-state index contributed by atoms with van der Waals surface area (Å²) < 4.78 is 0. The third kappa shape index (κ3) is 3.66. The molecule has 0 aromatic carbocycles. The number of hydrogen-bond acceptors (Lipinski definition) is 4. The maximum absolute atomic E-state index is 11.7. The highest BCUT2D eigenvalue weighted by Crippen LogP contribution is 2.11. The molecule has 5 heteroatoms. The zero-order chi connectivity index (χ0) is 11.3. The minimum Gasteiger partial charge on any atom is -0.395 e. The van der Waals surface area contributed by atoms with Crippen LogP contribution in [0.3, 0.4) is 0 Å². The van der Waals surface area contributed by atoms with Gasteiger partial charge in [-0.25, -0.2) is 0 Å². The second kappa shape index (κ2) is 6.35. The highest BCUT2D eigenvalue weighted by molar-refractivity contribution is 7.99. The van der Waals surface area contributed by atoms with Crippen molar-refractivity contribution >= 4 is 17.7 Å². The van der Waals surface area contributed by atoms with Crippen molar-refractivity contribution in [2.24, 2.45) is 0 Å². The van der Waals surface area contributed by atoms with Crippen molar-refractivity contribution in [2.75, 3.05) is 19.4 Å². The Morgan fingerprint density at radius 1 is 1.73 bits per heavy atom. The zero-order valence-corrected chi connectivity index (χ0v) is 10.1. The van der Waals surface area contributed by atoms with Crippen LogP contribution in [0.4, 0.5) is 0 Å². The molecule has 0 aromatic rings. The first-order chi connectivity index (χ1) is 7.19. The summed E-state index contributed by atoms with van der Waals surface area (Å²) in [5.41, 5.74) is 0. The maximum Gasteiger partial charge on any atom is 0.237 e. The fourth-order valence-electron chi connectivity index (χ4n) is 1.76. The predicted molar refractivity (Wildman–Crippen MR) is 63.0 cm³/mol. The van der Waals surface area contributed by atoms with Crippen LogP contribution in [-0.2, 0) is 4.79 Å². The monoisotopic (exact) mass is 232 g/mol. The first-order valence-corrected chi connectivity index (χ1v) is 6.65. The third-order valence-electron chi connectivity index (χ3n) is 2.79. The van der Waals surface area contributed by atoms with Gasteiger partial charge in [-0.2, -0.15) is 11.8 Å². The van der Waals surface area contributed by atoms with E-state index in [0.29, 0.717) is 0 Å². The Labute approximate surface area is 95.2 Å². The molecule has 4 nitrogen and oxygen atoms in total. The van der Waals surface area contributed by atoms with Gasteiger partial charge in [-0.1, -0.05) is 0 Å². The molecule has 0 aliphatic carbocycles. The summed E-state index contributed by atoms with van der Waals surface area (Å²) >= 11 is 1.58. The Hall–Kier alpha value is -0.260. The highest BCUT2D eigenvalue weighted by atomic mass is 32.2. The number of carbonyl (C=O) groups is 1. The lowest BCUT2D eigenvalue weighted by Crippen LogP contribution is -2.48.